The zero-order chi connectivity index (χ0) is 27.0. The van der Waals surface area contributed by atoms with Gasteiger partial charge in [-0.1, -0.05) is 20.8 Å². The Morgan fingerprint density at radius 1 is 0.919 bits per heavy atom. The summed E-state index contributed by atoms with van der Waals surface area (Å²) >= 11 is 0. The number of nitrogens with zero attached hydrogens (tertiary/aromatic N) is 2. The van der Waals surface area contributed by atoms with Crippen molar-refractivity contribution >= 4 is 48.8 Å². The third-order valence-corrected chi connectivity index (χ3v) is 4.58. The fourth-order valence-electron chi connectivity index (χ4n) is 2.85. The summed E-state index contributed by atoms with van der Waals surface area (Å²) in [5.41, 5.74) is 9.50. The number of rotatable bonds is 8. The number of carbonyl (C=O) groups excluding carboxylic acids is 2. The van der Waals surface area contributed by atoms with Crippen molar-refractivity contribution in [3.05, 3.63) is 59.3 Å². The molecule has 0 aliphatic rings. The summed E-state index contributed by atoms with van der Waals surface area (Å²) in [5.74, 6) is 3.42. The van der Waals surface area contributed by atoms with Gasteiger partial charge in [0.05, 0.1) is 28.2 Å². The Hall–Kier alpha value is -4.62. The van der Waals surface area contributed by atoms with Gasteiger partial charge in [-0.15, -0.1) is 12.4 Å². The van der Waals surface area contributed by atoms with E-state index >= 15 is 0 Å². The minimum absolute atomic E-state index is 0. The van der Waals surface area contributed by atoms with Crippen LogP contribution in [0.2, 0.25) is 0 Å². The highest BCUT2D eigenvalue weighted by Crippen LogP contribution is 2.27. The highest BCUT2D eigenvalue weighted by Gasteiger charge is 2.20. The van der Waals surface area contributed by atoms with Gasteiger partial charge < -0.3 is 30.8 Å². The predicted molar refractivity (Wildman–Crippen MR) is 135 cm³/mol. The number of carboxylic acids is 2. The average molecular weight is 536 g/mol. The van der Waals surface area contributed by atoms with Crippen LogP contribution in [0.15, 0.2) is 42.5 Å². The van der Waals surface area contributed by atoms with E-state index in [9.17, 15) is 19.2 Å². The molecule has 0 unspecified atom stereocenters. The monoisotopic (exact) mass is 535 g/mol. The maximum Gasteiger partial charge on any atom is 0.335 e. The summed E-state index contributed by atoms with van der Waals surface area (Å²) in [7, 11) is 0. The van der Waals surface area contributed by atoms with Crippen LogP contribution in [0.4, 0.5) is 11.5 Å². The standard InChI is InChI=1S/C15H17N3O4.C8H8N2O4.ClH/c1-15(2,3)12-7-13(16)18(17-12)10-4-9(14(20)21)5-11(6-10)22-8-19;9-10-6-1-5(8(12)13)2-7(3-6)14-4-11;/h4-8H,16H2,1-3H3,(H,20,21);1-4,10H,9H2,(H,12,13);1H. The van der Waals surface area contributed by atoms with Crippen molar-refractivity contribution in [3.63, 3.8) is 0 Å². The van der Waals surface area contributed by atoms with Crippen molar-refractivity contribution in [2.24, 2.45) is 5.84 Å². The maximum atomic E-state index is 11.2. The van der Waals surface area contributed by atoms with Gasteiger partial charge in [0.25, 0.3) is 12.9 Å². The molecule has 0 bridgehead atoms. The number of hydrazine groups is 1. The number of hydrogen-bond donors (Lipinski definition) is 5. The van der Waals surface area contributed by atoms with Crippen molar-refractivity contribution < 1.29 is 38.9 Å². The Bertz CT molecular complexity index is 1290. The van der Waals surface area contributed by atoms with E-state index in [2.05, 4.69) is 15.3 Å². The van der Waals surface area contributed by atoms with Crippen LogP contribution in [0.3, 0.4) is 0 Å². The number of carbonyl (C=O) groups is 4. The highest BCUT2D eigenvalue weighted by atomic mass is 35.5. The van der Waals surface area contributed by atoms with E-state index in [-0.39, 0.29) is 53.4 Å². The van der Waals surface area contributed by atoms with E-state index < -0.39 is 11.9 Å². The number of hydrogen-bond acceptors (Lipinski definition) is 10. The second-order valence-electron chi connectivity index (χ2n) is 8.26. The number of aromatic carboxylic acids is 2. The van der Waals surface area contributed by atoms with Gasteiger partial charge in [0.1, 0.15) is 17.3 Å². The van der Waals surface area contributed by atoms with Crippen molar-refractivity contribution in [1.82, 2.24) is 9.78 Å². The van der Waals surface area contributed by atoms with Crippen molar-refractivity contribution in [1.29, 1.82) is 0 Å². The number of nitrogens with one attached hydrogen (secondary N) is 1. The van der Waals surface area contributed by atoms with Crippen molar-refractivity contribution in [2.75, 3.05) is 11.2 Å². The Morgan fingerprint density at radius 3 is 1.86 bits per heavy atom. The lowest BCUT2D eigenvalue weighted by Gasteiger charge is -2.14. The molecule has 0 spiro atoms. The molecule has 14 heteroatoms. The third kappa shape index (κ3) is 8.23. The topological polar surface area (TPSA) is 209 Å². The van der Waals surface area contributed by atoms with Crippen LogP contribution in [-0.2, 0) is 15.0 Å². The third-order valence-electron chi connectivity index (χ3n) is 4.58. The predicted octanol–water partition coefficient (Wildman–Crippen LogP) is 2.61. The molecule has 0 saturated carbocycles. The van der Waals surface area contributed by atoms with Gasteiger partial charge in [0.15, 0.2) is 0 Å². The van der Waals surface area contributed by atoms with Crippen LogP contribution in [-0.4, -0.2) is 44.9 Å². The van der Waals surface area contributed by atoms with E-state index in [0.29, 0.717) is 17.2 Å². The molecule has 0 atom stereocenters. The number of anilines is 2. The molecule has 1 heterocycles. The van der Waals surface area contributed by atoms with Crippen LogP contribution >= 0.6 is 12.4 Å². The van der Waals surface area contributed by atoms with Gasteiger partial charge in [-0.2, -0.15) is 5.10 Å². The molecule has 0 aliphatic heterocycles. The molecule has 3 aromatic rings. The van der Waals surface area contributed by atoms with E-state index in [0.717, 1.165) is 5.69 Å². The lowest BCUT2D eigenvalue weighted by atomic mass is 9.92. The van der Waals surface area contributed by atoms with E-state index in [1.54, 1.807) is 6.07 Å². The molecule has 0 amide bonds. The number of halogens is 1. The molecule has 1 aromatic heterocycles. The number of ether oxygens (including phenoxy) is 2. The van der Waals surface area contributed by atoms with Crippen molar-refractivity contribution in [3.8, 4) is 17.2 Å². The van der Waals surface area contributed by atoms with E-state index in [4.69, 9.17) is 26.5 Å². The number of aromatic nitrogens is 2. The Kier molecular flexibility index (Phi) is 10.6. The van der Waals surface area contributed by atoms with Gasteiger partial charge in [-0.05, 0) is 24.3 Å². The summed E-state index contributed by atoms with van der Waals surface area (Å²) in [5, 5.41) is 22.2. The molecule has 0 saturated heterocycles. The van der Waals surface area contributed by atoms with Crippen LogP contribution in [0.5, 0.6) is 11.5 Å². The first kappa shape index (κ1) is 30.4. The minimum atomic E-state index is -1.14. The minimum Gasteiger partial charge on any atom is -0.478 e. The normalized spacial score (nSPS) is 10.2. The van der Waals surface area contributed by atoms with E-state index in [1.807, 2.05) is 20.8 Å². The number of nitrogens with two attached hydrogens (primary N) is 2. The van der Waals surface area contributed by atoms with Gasteiger partial charge in [-0.25, -0.2) is 14.3 Å². The molecule has 3 rings (SSSR count). The second kappa shape index (κ2) is 12.9. The fraction of sp³-hybridized carbons (Fsp3) is 0.174. The SMILES string of the molecule is CC(C)(C)c1cc(N)n(-c2cc(OC=O)cc(C(=O)O)c2)n1.Cl.NNc1cc(OC=O)cc(C(=O)O)c1. The summed E-state index contributed by atoms with van der Waals surface area (Å²) in [6.07, 6.45) is 0. The second-order valence-corrected chi connectivity index (χ2v) is 8.26. The number of carboxylic acid groups (broad SMARTS) is 2. The zero-order valence-corrected chi connectivity index (χ0v) is 20.8. The summed E-state index contributed by atoms with van der Waals surface area (Å²) in [6, 6.07) is 9.84. The molecule has 7 N–H and O–H groups in total. The van der Waals surface area contributed by atoms with Crippen LogP contribution < -0.4 is 26.5 Å². The Balaban J connectivity index is 0.000000396. The molecule has 198 valence electrons. The lowest BCUT2D eigenvalue weighted by molar-refractivity contribution is -0.121. The first-order valence-corrected chi connectivity index (χ1v) is 10.2. The van der Waals surface area contributed by atoms with Gasteiger partial charge in [-0.3, -0.25) is 15.4 Å². The maximum absolute atomic E-state index is 11.2. The Morgan fingerprint density at radius 2 is 1.43 bits per heavy atom. The number of benzene rings is 2. The van der Waals surface area contributed by atoms with Crippen molar-refractivity contribution in [2.45, 2.75) is 26.2 Å². The average Bonchev–Trinajstić information content (AvgIpc) is 3.21. The quantitative estimate of drug-likeness (QED) is 0.160. The molecule has 0 radical (unpaired) electrons. The smallest absolute Gasteiger partial charge is 0.335 e. The van der Waals surface area contributed by atoms with E-state index in [1.165, 1.54) is 41.1 Å². The van der Waals surface area contributed by atoms with Crippen LogP contribution in [0, 0.1) is 0 Å². The molecule has 2 aromatic carbocycles. The first-order chi connectivity index (χ1) is 16.9. The van der Waals surface area contributed by atoms with Crippen LogP contribution in [0.25, 0.3) is 5.69 Å². The molecule has 0 fully saturated rings. The van der Waals surface area contributed by atoms with Gasteiger partial charge in [0, 0.05) is 23.6 Å². The Labute approximate surface area is 217 Å². The zero-order valence-electron chi connectivity index (χ0n) is 20.0. The molecule has 0 aliphatic carbocycles. The summed E-state index contributed by atoms with van der Waals surface area (Å²) in [6.45, 7) is 6.42. The van der Waals surface area contributed by atoms with Crippen LogP contribution in [0.1, 0.15) is 47.2 Å². The molecular formula is C23H26ClN5O8. The summed E-state index contributed by atoms with van der Waals surface area (Å²) < 4.78 is 10.7. The molecular weight excluding hydrogens is 510 g/mol. The largest absolute Gasteiger partial charge is 0.478 e. The molecule has 37 heavy (non-hydrogen) atoms. The van der Waals surface area contributed by atoms with Gasteiger partial charge in [0.2, 0.25) is 0 Å². The number of nitrogen functional groups attached to an aromatic ring is 2. The van der Waals surface area contributed by atoms with Gasteiger partial charge >= 0.3 is 11.9 Å². The lowest BCUT2D eigenvalue weighted by Crippen LogP contribution is -2.13. The molecule has 13 nitrogen and oxygen atoms in total. The summed E-state index contributed by atoms with van der Waals surface area (Å²) in [4.78, 5) is 42.3. The first-order valence-electron chi connectivity index (χ1n) is 10.2. The fourth-order valence-corrected chi connectivity index (χ4v) is 2.85. The highest BCUT2D eigenvalue weighted by molar-refractivity contribution is 5.90.